The van der Waals surface area contributed by atoms with Crippen molar-refractivity contribution in [3.63, 3.8) is 0 Å². The summed E-state index contributed by atoms with van der Waals surface area (Å²) in [7, 11) is 0. The summed E-state index contributed by atoms with van der Waals surface area (Å²) in [5.41, 5.74) is 14.7. The van der Waals surface area contributed by atoms with Gasteiger partial charge in [-0.15, -0.1) is 0 Å². The van der Waals surface area contributed by atoms with E-state index in [4.69, 9.17) is 23.4 Å². The SMILES string of the molecule is Cc1cc2c3c(c1)N(c1c(C)cc(C(C)(C)C)cc1C)c1oc4ccccc4c1B3c1cc3c(cc1N2c1ccc2c(c1)OCCO2)OCCO3. The minimum absolute atomic E-state index is 0.0207. The highest BCUT2D eigenvalue weighted by Crippen LogP contribution is 2.50. The third-order valence-electron chi connectivity index (χ3n) is 10.8. The predicted molar refractivity (Wildman–Crippen MR) is 205 cm³/mol. The molecule has 4 aliphatic heterocycles. The first kappa shape index (κ1) is 30.3. The molecule has 0 spiro atoms. The molecule has 10 rings (SSSR count). The first-order chi connectivity index (χ1) is 24.7. The number of anilines is 6. The molecular formula is C43H39BN2O5. The fourth-order valence-corrected chi connectivity index (χ4v) is 8.55. The Morgan fingerprint density at radius 1 is 0.608 bits per heavy atom. The molecule has 1 aromatic heterocycles. The number of rotatable bonds is 2. The minimum Gasteiger partial charge on any atom is -0.486 e. The van der Waals surface area contributed by atoms with Crippen LogP contribution in [0, 0.1) is 20.8 Å². The van der Waals surface area contributed by atoms with E-state index in [9.17, 15) is 0 Å². The average molecular weight is 675 g/mol. The molecule has 0 amide bonds. The van der Waals surface area contributed by atoms with Crippen molar-refractivity contribution in [2.75, 3.05) is 36.2 Å². The molecule has 51 heavy (non-hydrogen) atoms. The van der Waals surface area contributed by atoms with Crippen LogP contribution in [-0.4, -0.2) is 33.1 Å². The van der Waals surface area contributed by atoms with Crippen LogP contribution in [0.25, 0.3) is 11.0 Å². The van der Waals surface area contributed by atoms with Gasteiger partial charge in [0.15, 0.2) is 23.0 Å². The van der Waals surface area contributed by atoms with E-state index in [1.165, 1.54) is 22.2 Å². The summed E-state index contributed by atoms with van der Waals surface area (Å²) >= 11 is 0. The fourth-order valence-electron chi connectivity index (χ4n) is 8.55. The summed E-state index contributed by atoms with van der Waals surface area (Å²) in [6.07, 6.45) is 0. The van der Waals surface area contributed by atoms with Gasteiger partial charge in [0.25, 0.3) is 6.71 Å². The van der Waals surface area contributed by atoms with Gasteiger partial charge in [0.05, 0.1) is 11.4 Å². The van der Waals surface area contributed by atoms with Crippen molar-refractivity contribution in [1.82, 2.24) is 0 Å². The van der Waals surface area contributed by atoms with E-state index in [2.05, 4.69) is 124 Å². The van der Waals surface area contributed by atoms with Gasteiger partial charge in [-0.05, 0) is 95.8 Å². The van der Waals surface area contributed by atoms with Crippen LogP contribution in [-0.2, 0) is 5.41 Å². The van der Waals surface area contributed by atoms with Crippen molar-refractivity contribution in [2.24, 2.45) is 0 Å². The molecule has 0 saturated carbocycles. The number of hydrogen-bond acceptors (Lipinski definition) is 7. The molecule has 0 fully saturated rings. The van der Waals surface area contributed by atoms with Crippen molar-refractivity contribution in [3.8, 4) is 23.0 Å². The summed E-state index contributed by atoms with van der Waals surface area (Å²) in [5.74, 6) is 3.88. The second-order valence-electron chi connectivity index (χ2n) is 15.2. The fraction of sp³-hybridized carbons (Fsp3) is 0.256. The first-order valence-electron chi connectivity index (χ1n) is 17.9. The zero-order valence-electron chi connectivity index (χ0n) is 29.8. The molecule has 0 unspecified atom stereocenters. The molecule has 0 atom stereocenters. The lowest BCUT2D eigenvalue weighted by Gasteiger charge is -2.43. The topological polar surface area (TPSA) is 56.5 Å². The van der Waals surface area contributed by atoms with Gasteiger partial charge in [0, 0.05) is 40.0 Å². The number of benzene rings is 5. The summed E-state index contributed by atoms with van der Waals surface area (Å²) in [4.78, 5) is 4.75. The Kier molecular flexibility index (Phi) is 6.40. The van der Waals surface area contributed by atoms with Gasteiger partial charge in [0.2, 0.25) is 5.88 Å². The molecule has 8 heteroatoms. The third kappa shape index (κ3) is 4.44. The van der Waals surface area contributed by atoms with Crippen LogP contribution in [0.5, 0.6) is 23.0 Å². The van der Waals surface area contributed by atoms with Gasteiger partial charge >= 0.3 is 0 Å². The maximum absolute atomic E-state index is 6.99. The number of nitrogens with zero attached hydrogens (tertiary/aromatic N) is 2. The van der Waals surface area contributed by atoms with Crippen molar-refractivity contribution in [2.45, 2.75) is 47.0 Å². The second kappa shape index (κ2) is 10.8. The minimum atomic E-state index is -0.126. The number of hydrogen-bond donors (Lipinski definition) is 0. The molecule has 0 saturated heterocycles. The van der Waals surface area contributed by atoms with Crippen LogP contribution < -0.4 is 45.1 Å². The lowest BCUT2D eigenvalue weighted by Crippen LogP contribution is -2.61. The van der Waals surface area contributed by atoms with Gasteiger partial charge in [0.1, 0.15) is 32.0 Å². The van der Waals surface area contributed by atoms with Crippen molar-refractivity contribution in [1.29, 1.82) is 0 Å². The number of aryl methyl sites for hydroxylation is 3. The van der Waals surface area contributed by atoms with Crippen LogP contribution >= 0.6 is 0 Å². The van der Waals surface area contributed by atoms with Gasteiger partial charge in [-0.1, -0.05) is 51.1 Å². The van der Waals surface area contributed by atoms with E-state index in [1.807, 2.05) is 6.07 Å². The monoisotopic (exact) mass is 674 g/mol. The Morgan fingerprint density at radius 3 is 1.94 bits per heavy atom. The molecule has 254 valence electrons. The number of fused-ring (bicyclic) bond motifs is 8. The van der Waals surface area contributed by atoms with E-state index in [-0.39, 0.29) is 12.1 Å². The summed E-state index contributed by atoms with van der Waals surface area (Å²) in [6, 6.07) is 28.4. The molecule has 0 N–H and O–H groups in total. The van der Waals surface area contributed by atoms with Crippen molar-refractivity contribution in [3.05, 3.63) is 101 Å². The molecule has 4 aliphatic rings. The zero-order chi connectivity index (χ0) is 34.8. The Bertz CT molecular complexity index is 2420. The highest BCUT2D eigenvalue weighted by Gasteiger charge is 2.47. The Balaban J connectivity index is 1.31. The quantitative estimate of drug-likeness (QED) is 0.171. The van der Waals surface area contributed by atoms with Gasteiger partial charge in [-0.25, -0.2) is 0 Å². The Labute approximate surface area is 298 Å². The van der Waals surface area contributed by atoms with Crippen LogP contribution in [0.15, 0.2) is 83.3 Å². The van der Waals surface area contributed by atoms with Gasteiger partial charge in [-0.2, -0.15) is 0 Å². The second-order valence-corrected chi connectivity index (χ2v) is 15.2. The van der Waals surface area contributed by atoms with Crippen molar-refractivity contribution >= 4 is 68.4 Å². The van der Waals surface area contributed by atoms with Crippen LogP contribution in [0.4, 0.5) is 34.3 Å². The molecule has 0 aliphatic carbocycles. The molecule has 0 bridgehead atoms. The van der Waals surface area contributed by atoms with E-state index in [0.29, 0.717) is 26.4 Å². The molecule has 7 nitrogen and oxygen atoms in total. The van der Waals surface area contributed by atoms with Gasteiger partial charge < -0.3 is 28.3 Å². The molecule has 0 radical (unpaired) electrons. The summed E-state index contributed by atoms with van der Waals surface area (Å²) in [5, 5.41) is 1.11. The Morgan fingerprint density at radius 2 is 1.24 bits per heavy atom. The highest BCUT2D eigenvalue weighted by molar-refractivity contribution is 7.01. The largest absolute Gasteiger partial charge is 0.486 e. The zero-order valence-corrected chi connectivity index (χ0v) is 29.8. The number of para-hydroxylation sites is 1. The Hall–Kier alpha value is -5.50. The van der Waals surface area contributed by atoms with E-state index < -0.39 is 0 Å². The summed E-state index contributed by atoms with van der Waals surface area (Å²) < 4.78 is 31.5. The number of furan rings is 1. The first-order valence-corrected chi connectivity index (χ1v) is 17.9. The average Bonchev–Trinajstić information content (AvgIpc) is 3.50. The number of ether oxygens (including phenoxy) is 4. The predicted octanol–water partition coefficient (Wildman–Crippen LogP) is 8.28. The van der Waals surface area contributed by atoms with E-state index in [1.54, 1.807) is 0 Å². The molecule has 5 aromatic carbocycles. The maximum Gasteiger partial charge on any atom is 0.257 e. The standard InChI is InChI=1S/C43H39BN2O5/c1-24-17-32-40-33(18-24)46(41-25(2)19-27(20-26(41)3)43(4,5)6)42-39(29-9-7-8-10-34(29)51-42)44(40)30-22-37-38(50-16-15-49-37)23-31(30)45(32)28-11-12-35-36(21-28)48-14-13-47-35/h7-12,17-23H,13-16H2,1-6H3. The van der Waals surface area contributed by atoms with Crippen LogP contribution in [0.1, 0.15) is 43.0 Å². The highest BCUT2D eigenvalue weighted by atomic mass is 16.6. The van der Waals surface area contributed by atoms with Crippen molar-refractivity contribution < 1.29 is 23.4 Å². The third-order valence-corrected chi connectivity index (χ3v) is 10.8. The smallest absolute Gasteiger partial charge is 0.257 e. The van der Waals surface area contributed by atoms with E-state index >= 15 is 0 Å². The van der Waals surface area contributed by atoms with E-state index in [0.717, 1.165) is 84.8 Å². The molecular weight excluding hydrogens is 635 g/mol. The van der Waals surface area contributed by atoms with Crippen LogP contribution in [0.2, 0.25) is 0 Å². The summed E-state index contributed by atoms with van der Waals surface area (Å²) in [6.45, 7) is 15.4. The molecule has 5 heterocycles. The van der Waals surface area contributed by atoms with Gasteiger partial charge in [-0.3, -0.25) is 4.90 Å². The maximum atomic E-state index is 6.99. The normalized spacial score (nSPS) is 15.5. The lowest BCUT2D eigenvalue weighted by molar-refractivity contribution is 0.171. The molecule has 6 aromatic rings. The lowest BCUT2D eigenvalue weighted by atomic mass is 9.33. The van der Waals surface area contributed by atoms with Crippen LogP contribution in [0.3, 0.4) is 0 Å².